The van der Waals surface area contributed by atoms with Gasteiger partial charge in [0.1, 0.15) is 17.5 Å². The van der Waals surface area contributed by atoms with Crippen molar-refractivity contribution in [1.29, 1.82) is 0 Å². The van der Waals surface area contributed by atoms with Gasteiger partial charge in [-0.3, -0.25) is 44.4 Å². The van der Waals surface area contributed by atoms with E-state index in [0.29, 0.717) is 19.0 Å². The van der Waals surface area contributed by atoms with Crippen LogP contribution >= 0.6 is 0 Å². The van der Waals surface area contributed by atoms with Crippen LogP contribution in [0.15, 0.2) is 30.3 Å². The van der Waals surface area contributed by atoms with Crippen LogP contribution in [0.4, 0.5) is 27.1 Å². The number of piperidine rings is 1. The molecular weight excluding hydrogens is 575 g/mol. The molecule has 232 valence electrons. The lowest BCUT2D eigenvalue weighted by atomic mass is 9.97. The number of benzene rings is 2. The van der Waals surface area contributed by atoms with E-state index in [2.05, 4.69) is 20.4 Å². The first-order valence-electron chi connectivity index (χ1n) is 14.6. The molecule has 0 radical (unpaired) electrons. The number of hydrogen-bond acceptors (Lipinski definition) is 11. The van der Waals surface area contributed by atoms with Crippen molar-refractivity contribution in [1.82, 2.24) is 20.4 Å². The number of nitro benzene ring substituents is 1. The fraction of sp³-hybridized carbons (Fsp3) is 0.448. The number of nitrogens with two attached hydrogens (primary N) is 1. The van der Waals surface area contributed by atoms with Crippen LogP contribution in [0.25, 0.3) is 0 Å². The third-order valence-corrected chi connectivity index (χ3v) is 8.79. The van der Waals surface area contributed by atoms with Crippen LogP contribution in [-0.4, -0.2) is 103 Å². The van der Waals surface area contributed by atoms with Crippen molar-refractivity contribution < 1.29 is 28.5 Å². The van der Waals surface area contributed by atoms with Crippen molar-refractivity contribution in [2.45, 2.75) is 18.9 Å². The molecule has 4 amide bonds. The maximum absolute atomic E-state index is 15.1. The van der Waals surface area contributed by atoms with Crippen molar-refractivity contribution >= 4 is 46.4 Å². The summed E-state index contributed by atoms with van der Waals surface area (Å²) in [6, 6.07) is 6.20. The number of nitro groups is 1. The van der Waals surface area contributed by atoms with Crippen LogP contribution in [0.5, 0.6) is 0 Å². The average Bonchev–Trinajstić information content (AvgIpc) is 3.20. The molecule has 44 heavy (non-hydrogen) atoms. The third-order valence-electron chi connectivity index (χ3n) is 8.79. The van der Waals surface area contributed by atoms with E-state index in [1.165, 1.54) is 12.1 Å². The highest BCUT2D eigenvalue weighted by atomic mass is 19.1. The number of halogens is 1. The molecule has 4 aliphatic heterocycles. The lowest BCUT2D eigenvalue weighted by Crippen LogP contribution is -2.54. The molecular formula is C29H33FN8O6. The molecule has 0 saturated carbocycles. The second kappa shape index (κ2) is 11.8. The summed E-state index contributed by atoms with van der Waals surface area (Å²) in [4.78, 5) is 67.5. The quantitative estimate of drug-likeness (QED) is 0.119. The van der Waals surface area contributed by atoms with Crippen LogP contribution in [0, 0.1) is 21.8 Å². The molecule has 1 atom stereocenters. The second-order valence-electron chi connectivity index (χ2n) is 11.6. The largest absolute Gasteiger partial charge is 0.393 e. The van der Waals surface area contributed by atoms with Crippen LogP contribution in [0.2, 0.25) is 0 Å². The van der Waals surface area contributed by atoms with E-state index in [1.807, 2.05) is 4.90 Å². The zero-order valence-corrected chi connectivity index (χ0v) is 24.0. The third kappa shape index (κ3) is 5.55. The summed E-state index contributed by atoms with van der Waals surface area (Å²) in [5.41, 5.74) is 7.03. The minimum atomic E-state index is -1.09. The molecule has 0 aromatic heterocycles. The molecule has 4 N–H and O–H groups in total. The number of nitrogens with one attached hydrogen (secondary N) is 2. The smallest absolute Gasteiger partial charge is 0.292 e. The number of fused-ring (bicyclic) bond motifs is 1. The number of carbonyl (C=O) groups is 4. The Morgan fingerprint density at radius 2 is 1.70 bits per heavy atom. The van der Waals surface area contributed by atoms with Gasteiger partial charge in [0, 0.05) is 83.0 Å². The standard InChI is InChI=1S/C29H33FN8O6/c30-21-12-19-20(29(42)37(28(19)41)24-3-4-26(39)33-27(24)40)13-25(21)36-15-17(16-36)14-32-5-6-34-7-9-35(10-8-34)18-1-2-23(38(43)44)22(31)11-18/h1-2,11-13,17,24,32H,3-10,14-16,31H2,(H,33,39,40). The van der Waals surface area contributed by atoms with Gasteiger partial charge in [0.05, 0.1) is 21.7 Å². The minimum Gasteiger partial charge on any atom is -0.393 e. The van der Waals surface area contributed by atoms with Crippen molar-refractivity contribution in [3.8, 4) is 0 Å². The van der Waals surface area contributed by atoms with Crippen molar-refractivity contribution in [3.63, 3.8) is 0 Å². The summed E-state index contributed by atoms with van der Waals surface area (Å²) < 4.78 is 15.1. The number of amides is 4. The summed E-state index contributed by atoms with van der Waals surface area (Å²) >= 11 is 0. The molecule has 6 rings (SSSR count). The topological polar surface area (TPSA) is 174 Å². The fourth-order valence-electron chi connectivity index (χ4n) is 6.29. The monoisotopic (exact) mass is 608 g/mol. The second-order valence-corrected chi connectivity index (χ2v) is 11.6. The molecule has 0 aliphatic carbocycles. The SMILES string of the molecule is Nc1cc(N2CCN(CCNCC3CN(c4cc5c(cc4F)C(=O)N(C4CCC(=O)NC4=O)C5=O)C3)CC2)ccc1[N+](=O)[O-]. The lowest BCUT2D eigenvalue weighted by Gasteiger charge is -2.41. The molecule has 4 aliphatic rings. The van der Waals surface area contributed by atoms with Crippen molar-refractivity contribution in [2.75, 3.05) is 74.4 Å². The average molecular weight is 609 g/mol. The molecule has 2 aromatic rings. The zero-order chi connectivity index (χ0) is 31.1. The lowest BCUT2D eigenvalue weighted by molar-refractivity contribution is -0.383. The highest BCUT2D eigenvalue weighted by Gasteiger charge is 2.45. The van der Waals surface area contributed by atoms with Crippen molar-refractivity contribution in [3.05, 3.63) is 57.4 Å². The first-order chi connectivity index (χ1) is 21.1. The van der Waals surface area contributed by atoms with Gasteiger partial charge in [-0.05, 0) is 30.7 Å². The molecule has 3 fully saturated rings. The summed E-state index contributed by atoms with van der Waals surface area (Å²) in [7, 11) is 0. The number of nitrogens with zero attached hydrogens (tertiary/aromatic N) is 5. The number of rotatable bonds is 9. The van der Waals surface area contributed by atoms with E-state index in [1.54, 1.807) is 12.1 Å². The van der Waals surface area contributed by atoms with E-state index in [9.17, 15) is 29.3 Å². The van der Waals surface area contributed by atoms with Gasteiger partial charge < -0.3 is 20.9 Å². The maximum atomic E-state index is 15.1. The Kier molecular flexibility index (Phi) is 7.90. The van der Waals surface area contributed by atoms with Crippen LogP contribution in [-0.2, 0) is 9.59 Å². The maximum Gasteiger partial charge on any atom is 0.292 e. The predicted molar refractivity (Wildman–Crippen MR) is 158 cm³/mol. The van der Waals surface area contributed by atoms with E-state index >= 15 is 4.39 Å². The van der Waals surface area contributed by atoms with Crippen molar-refractivity contribution in [2.24, 2.45) is 5.92 Å². The first kappa shape index (κ1) is 29.4. The highest BCUT2D eigenvalue weighted by molar-refractivity contribution is 6.23. The number of anilines is 3. The Morgan fingerprint density at radius 3 is 2.36 bits per heavy atom. The summed E-state index contributed by atoms with van der Waals surface area (Å²) in [5.74, 6) is -2.85. The Labute approximate surface area is 252 Å². The van der Waals surface area contributed by atoms with Gasteiger partial charge in [-0.25, -0.2) is 4.39 Å². The van der Waals surface area contributed by atoms with Gasteiger partial charge in [-0.15, -0.1) is 0 Å². The summed E-state index contributed by atoms with van der Waals surface area (Å²) in [6.07, 6.45) is 0.0592. The summed E-state index contributed by atoms with van der Waals surface area (Å²) in [6.45, 7) is 6.91. The van der Waals surface area contributed by atoms with Gasteiger partial charge in [0.2, 0.25) is 11.8 Å². The number of piperazine rings is 1. The minimum absolute atomic E-state index is 0.0173. The van der Waals surface area contributed by atoms with E-state index < -0.39 is 40.4 Å². The van der Waals surface area contributed by atoms with Gasteiger partial charge in [0.15, 0.2) is 0 Å². The normalized spacial score (nSPS) is 21.0. The Bertz CT molecular complexity index is 1540. The molecule has 3 saturated heterocycles. The summed E-state index contributed by atoms with van der Waals surface area (Å²) in [5, 5.41) is 16.6. The first-order valence-corrected chi connectivity index (χ1v) is 14.6. The fourth-order valence-corrected chi connectivity index (χ4v) is 6.29. The highest BCUT2D eigenvalue weighted by Crippen LogP contribution is 2.35. The molecule has 14 nitrogen and oxygen atoms in total. The van der Waals surface area contributed by atoms with Crippen LogP contribution in [0.3, 0.4) is 0 Å². The van der Waals surface area contributed by atoms with Gasteiger partial charge >= 0.3 is 0 Å². The number of hydrogen-bond donors (Lipinski definition) is 3. The van der Waals surface area contributed by atoms with E-state index in [4.69, 9.17) is 5.73 Å². The zero-order valence-electron chi connectivity index (χ0n) is 24.0. The predicted octanol–water partition coefficient (Wildman–Crippen LogP) is 0.565. The molecule has 2 aromatic carbocycles. The molecule has 0 bridgehead atoms. The van der Waals surface area contributed by atoms with Gasteiger partial charge in [-0.1, -0.05) is 0 Å². The Hall–Kier alpha value is -4.63. The van der Waals surface area contributed by atoms with Gasteiger partial charge in [-0.2, -0.15) is 0 Å². The molecule has 1 unspecified atom stereocenters. The van der Waals surface area contributed by atoms with E-state index in [-0.39, 0.29) is 41.0 Å². The van der Waals surface area contributed by atoms with E-state index in [0.717, 1.165) is 62.5 Å². The molecule has 0 spiro atoms. The molecule has 4 heterocycles. The Morgan fingerprint density at radius 1 is 1.00 bits per heavy atom. The number of imide groups is 2. The number of nitrogen functional groups attached to an aromatic ring is 1. The molecule has 15 heteroatoms. The van der Waals surface area contributed by atoms with Crippen LogP contribution < -0.4 is 26.2 Å². The number of carbonyl (C=O) groups excluding carboxylic acids is 4. The Balaban J connectivity index is 0.943. The van der Waals surface area contributed by atoms with Gasteiger partial charge in [0.25, 0.3) is 17.5 Å². The van der Waals surface area contributed by atoms with Crippen LogP contribution in [0.1, 0.15) is 33.6 Å².